The predicted molar refractivity (Wildman–Crippen MR) is 71.8 cm³/mol. The Morgan fingerprint density at radius 1 is 1.31 bits per heavy atom. The van der Waals surface area contributed by atoms with Gasteiger partial charge in [0, 0.05) is 17.7 Å². The maximum atomic E-state index is 11.6. The van der Waals surface area contributed by atoms with E-state index in [9.17, 15) is 8.42 Å². The largest absolute Gasteiger partial charge is 0.214 e. The molecule has 0 aromatic carbocycles. The number of rotatable bonds is 7. The molecule has 16 heavy (non-hydrogen) atoms. The van der Waals surface area contributed by atoms with Gasteiger partial charge in [-0.1, -0.05) is 6.42 Å². The van der Waals surface area contributed by atoms with E-state index in [4.69, 9.17) is 11.6 Å². The Labute approximate surface area is 108 Å². The van der Waals surface area contributed by atoms with Crippen LogP contribution in [-0.4, -0.2) is 37.6 Å². The molecule has 0 aromatic heterocycles. The van der Waals surface area contributed by atoms with Gasteiger partial charge in [-0.25, -0.2) is 13.1 Å². The quantitative estimate of drug-likeness (QED) is 0.576. The molecule has 96 valence electrons. The van der Waals surface area contributed by atoms with Gasteiger partial charge in [0.2, 0.25) is 10.0 Å². The first kappa shape index (κ1) is 14.6. The number of nitrogens with one attached hydrogen (secondary N) is 1. The van der Waals surface area contributed by atoms with Crippen LogP contribution in [0, 0.1) is 0 Å². The van der Waals surface area contributed by atoms with Crippen molar-refractivity contribution in [2.75, 3.05) is 23.9 Å². The van der Waals surface area contributed by atoms with Crippen molar-refractivity contribution in [2.45, 2.75) is 37.4 Å². The predicted octanol–water partition coefficient (Wildman–Crippen LogP) is 2.21. The standard InChI is InChI=1S/C10H20ClNO2S2/c11-6-2-4-8-16(13,14)12-9-10-5-1-3-7-15-10/h10,12H,1-9H2. The van der Waals surface area contributed by atoms with Gasteiger partial charge in [-0.3, -0.25) is 0 Å². The molecule has 0 radical (unpaired) electrons. The molecule has 6 heteroatoms. The molecule has 1 aliphatic rings. The highest BCUT2D eigenvalue weighted by Gasteiger charge is 2.17. The van der Waals surface area contributed by atoms with Gasteiger partial charge in [-0.05, 0) is 31.4 Å². The number of thioether (sulfide) groups is 1. The van der Waals surface area contributed by atoms with E-state index in [0.717, 1.165) is 12.8 Å². The monoisotopic (exact) mass is 285 g/mol. The van der Waals surface area contributed by atoms with E-state index in [1.807, 2.05) is 11.8 Å². The van der Waals surface area contributed by atoms with Crippen LogP contribution < -0.4 is 4.72 Å². The minimum Gasteiger partial charge on any atom is -0.214 e. The Bertz CT molecular complexity index is 277. The fourth-order valence-corrected chi connectivity index (χ4v) is 4.36. The summed E-state index contributed by atoms with van der Waals surface area (Å²) in [4.78, 5) is 0. The number of sulfonamides is 1. The van der Waals surface area contributed by atoms with Crippen LogP contribution in [-0.2, 0) is 10.0 Å². The van der Waals surface area contributed by atoms with Crippen molar-refractivity contribution in [3.63, 3.8) is 0 Å². The topological polar surface area (TPSA) is 46.2 Å². The number of unbranched alkanes of at least 4 members (excludes halogenated alkanes) is 1. The summed E-state index contributed by atoms with van der Waals surface area (Å²) >= 11 is 7.39. The van der Waals surface area contributed by atoms with Crippen LogP contribution in [0.15, 0.2) is 0 Å². The molecule has 1 heterocycles. The molecule has 0 aliphatic carbocycles. The normalized spacial score (nSPS) is 22.2. The summed E-state index contributed by atoms with van der Waals surface area (Å²) in [6.07, 6.45) is 5.04. The summed E-state index contributed by atoms with van der Waals surface area (Å²) < 4.78 is 25.9. The van der Waals surface area contributed by atoms with Gasteiger partial charge in [-0.15, -0.1) is 11.6 Å². The van der Waals surface area contributed by atoms with Gasteiger partial charge < -0.3 is 0 Å². The van der Waals surface area contributed by atoms with E-state index in [0.29, 0.717) is 24.1 Å². The van der Waals surface area contributed by atoms with E-state index in [2.05, 4.69) is 4.72 Å². The van der Waals surface area contributed by atoms with Crippen molar-refractivity contribution in [1.29, 1.82) is 0 Å². The summed E-state index contributed by atoms with van der Waals surface area (Å²) in [5, 5.41) is 0.469. The van der Waals surface area contributed by atoms with E-state index in [1.165, 1.54) is 18.6 Å². The maximum absolute atomic E-state index is 11.6. The highest BCUT2D eigenvalue weighted by atomic mass is 35.5. The van der Waals surface area contributed by atoms with Gasteiger partial charge in [0.15, 0.2) is 0 Å². The van der Waals surface area contributed by atoms with Crippen molar-refractivity contribution >= 4 is 33.4 Å². The third-order valence-electron chi connectivity index (χ3n) is 2.60. The Morgan fingerprint density at radius 3 is 2.75 bits per heavy atom. The Kier molecular flexibility index (Phi) is 7.12. The molecule has 0 saturated carbocycles. The third-order valence-corrected chi connectivity index (χ3v) is 5.70. The van der Waals surface area contributed by atoms with Gasteiger partial charge in [0.05, 0.1) is 5.75 Å². The van der Waals surface area contributed by atoms with E-state index in [-0.39, 0.29) is 5.75 Å². The van der Waals surface area contributed by atoms with Gasteiger partial charge >= 0.3 is 0 Å². The molecule has 0 spiro atoms. The molecule has 0 bridgehead atoms. The maximum Gasteiger partial charge on any atom is 0.211 e. The van der Waals surface area contributed by atoms with Gasteiger partial charge in [-0.2, -0.15) is 11.8 Å². The molecule has 1 rings (SSSR count). The van der Waals surface area contributed by atoms with Crippen molar-refractivity contribution in [2.24, 2.45) is 0 Å². The van der Waals surface area contributed by atoms with E-state index in [1.54, 1.807) is 0 Å². The first-order valence-electron chi connectivity index (χ1n) is 5.79. The minimum absolute atomic E-state index is 0.205. The fourth-order valence-electron chi connectivity index (χ4n) is 1.65. The lowest BCUT2D eigenvalue weighted by Gasteiger charge is -2.21. The number of halogens is 1. The Morgan fingerprint density at radius 2 is 2.12 bits per heavy atom. The number of hydrogen-bond acceptors (Lipinski definition) is 3. The molecule has 1 fully saturated rings. The summed E-state index contributed by atoms with van der Waals surface area (Å²) in [6, 6.07) is 0. The van der Waals surface area contributed by atoms with Crippen LogP contribution in [0.4, 0.5) is 0 Å². The third kappa shape index (κ3) is 6.33. The van der Waals surface area contributed by atoms with E-state index >= 15 is 0 Å². The first-order chi connectivity index (χ1) is 7.64. The molecule has 1 aliphatic heterocycles. The fraction of sp³-hybridized carbons (Fsp3) is 1.00. The van der Waals surface area contributed by atoms with Crippen LogP contribution in [0.25, 0.3) is 0 Å². The SMILES string of the molecule is O=S(=O)(CCCCCl)NCC1CCCCS1. The van der Waals surface area contributed by atoms with Crippen LogP contribution in [0.5, 0.6) is 0 Å². The zero-order chi connectivity index (χ0) is 11.9. The highest BCUT2D eigenvalue weighted by Crippen LogP contribution is 2.24. The second-order valence-electron chi connectivity index (χ2n) is 4.05. The molecule has 0 aromatic rings. The molecular weight excluding hydrogens is 266 g/mol. The van der Waals surface area contributed by atoms with Gasteiger partial charge in [0.1, 0.15) is 0 Å². The Balaban J connectivity index is 2.18. The lowest BCUT2D eigenvalue weighted by atomic mass is 10.2. The molecular formula is C10H20ClNO2S2. The zero-order valence-corrected chi connectivity index (χ0v) is 11.8. The van der Waals surface area contributed by atoms with Crippen molar-refractivity contribution in [1.82, 2.24) is 4.72 Å². The first-order valence-corrected chi connectivity index (χ1v) is 9.02. The van der Waals surface area contributed by atoms with E-state index < -0.39 is 10.0 Å². The summed E-state index contributed by atoms with van der Waals surface area (Å²) in [5.41, 5.74) is 0. The average Bonchev–Trinajstić information content (AvgIpc) is 2.28. The molecule has 1 N–H and O–H groups in total. The smallest absolute Gasteiger partial charge is 0.211 e. The number of hydrogen-bond donors (Lipinski definition) is 1. The lowest BCUT2D eigenvalue weighted by Crippen LogP contribution is -2.33. The molecule has 1 atom stereocenters. The molecule has 1 saturated heterocycles. The van der Waals surface area contributed by atoms with Crippen LogP contribution in [0.3, 0.4) is 0 Å². The van der Waals surface area contributed by atoms with Crippen molar-refractivity contribution in [3.8, 4) is 0 Å². The van der Waals surface area contributed by atoms with Crippen LogP contribution >= 0.6 is 23.4 Å². The Hall–Kier alpha value is 0.550. The number of alkyl halides is 1. The zero-order valence-electron chi connectivity index (χ0n) is 9.45. The second-order valence-corrected chi connectivity index (χ2v) is 7.76. The highest BCUT2D eigenvalue weighted by molar-refractivity contribution is 8.00. The van der Waals surface area contributed by atoms with Crippen molar-refractivity contribution < 1.29 is 8.42 Å². The van der Waals surface area contributed by atoms with Crippen molar-refractivity contribution in [3.05, 3.63) is 0 Å². The molecule has 1 unspecified atom stereocenters. The lowest BCUT2D eigenvalue weighted by molar-refractivity contribution is 0.571. The molecule has 0 amide bonds. The average molecular weight is 286 g/mol. The van der Waals surface area contributed by atoms with Gasteiger partial charge in [0.25, 0.3) is 0 Å². The molecule has 3 nitrogen and oxygen atoms in total. The summed E-state index contributed by atoms with van der Waals surface area (Å²) in [7, 11) is -3.08. The minimum atomic E-state index is -3.08. The second kappa shape index (κ2) is 7.80. The summed E-state index contributed by atoms with van der Waals surface area (Å²) in [5.74, 6) is 1.91. The van der Waals surface area contributed by atoms with Crippen LogP contribution in [0.1, 0.15) is 32.1 Å². The van der Waals surface area contributed by atoms with Crippen LogP contribution in [0.2, 0.25) is 0 Å². The summed E-state index contributed by atoms with van der Waals surface area (Å²) in [6.45, 7) is 0.591.